The van der Waals surface area contributed by atoms with Crippen LogP contribution in [0.15, 0.2) is 12.4 Å². The predicted octanol–water partition coefficient (Wildman–Crippen LogP) is 0.649. The molecule has 19 heavy (non-hydrogen) atoms. The number of rotatable bonds is 5. The first kappa shape index (κ1) is 13.0. The third kappa shape index (κ3) is 2.94. The van der Waals surface area contributed by atoms with Crippen LogP contribution in [-0.4, -0.2) is 59.0 Å². The van der Waals surface area contributed by atoms with Gasteiger partial charge in [-0.2, -0.15) is 0 Å². The van der Waals surface area contributed by atoms with Crippen LogP contribution in [0, 0.1) is 0 Å². The molecule has 4 rings (SSSR count). The van der Waals surface area contributed by atoms with E-state index in [0.717, 1.165) is 45.0 Å². The monoisotopic (exact) mass is 261 g/mol. The van der Waals surface area contributed by atoms with Crippen LogP contribution in [0.25, 0.3) is 0 Å². The molecular formula is C14H23N5. The summed E-state index contributed by atoms with van der Waals surface area (Å²) in [6, 6.07) is 0.403. The molecule has 3 saturated heterocycles. The van der Waals surface area contributed by atoms with Gasteiger partial charge in [-0.15, -0.1) is 0 Å². The van der Waals surface area contributed by atoms with Crippen molar-refractivity contribution in [2.24, 2.45) is 0 Å². The normalized spacial score (nSPS) is 29.6. The summed E-state index contributed by atoms with van der Waals surface area (Å²) in [7, 11) is 0. The van der Waals surface area contributed by atoms with E-state index in [4.69, 9.17) is 0 Å². The van der Waals surface area contributed by atoms with Gasteiger partial charge < -0.3 is 5.32 Å². The number of nitrogens with zero attached hydrogens (tertiary/aromatic N) is 4. The van der Waals surface area contributed by atoms with E-state index in [9.17, 15) is 0 Å². The summed E-state index contributed by atoms with van der Waals surface area (Å²) in [4.78, 5) is 14.2. The standard InChI is InChI=1S/C14H23N5/c1-2-3-15-8-12-9-16-14(17-10-12)13-11-18-4-6-19(13)7-5-18/h9-10,13,15H,2-8,11H2,1H3. The van der Waals surface area contributed by atoms with Crippen molar-refractivity contribution in [2.45, 2.75) is 25.9 Å². The Hall–Kier alpha value is -1.04. The van der Waals surface area contributed by atoms with Gasteiger partial charge >= 0.3 is 0 Å². The van der Waals surface area contributed by atoms with Crippen molar-refractivity contribution in [2.75, 3.05) is 39.3 Å². The maximum absolute atomic E-state index is 4.58. The van der Waals surface area contributed by atoms with Crippen molar-refractivity contribution in [3.8, 4) is 0 Å². The van der Waals surface area contributed by atoms with Gasteiger partial charge in [-0.05, 0) is 13.0 Å². The van der Waals surface area contributed by atoms with Gasteiger partial charge in [0.25, 0.3) is 0 Å². The fourth-order valence-electron chi connectivity index (χ4n) is 2.90. The van der Waals surface area contributed by atoms with Crippen molar-refractivity contribution in [3.63, 3.8) is 0 Å². The van der Waals surface area contributed by atoms with Gasteiger partial charge in [-0.3, -0.25) is 9.80 Å². The summed E-state index contributed by atoms with van der Waals surface area (Å²) in [5.74, 6) is 0.989. The van der Waals surface area contributed by atoms with Gasteiger partial charge in [-0.1, -0.05) is 6.92 Å². The fraction of sp³-hybridized carbons (Fsp3) is 0.714. The van der Waals surface area contributed by atoms with E-state index in [1.54, 1.807) is 0 Å². The Bertz CT molecular complexity index is 397. The molecule has 2 bridgehead atoms. The minimum absolute atomic E-state index is 0.403. The van der Waals surface area contributed by atoms with E-state index in [1.165, 1.54) is 18.7 Å². The van der Waals surface area contributed by atoms with E-state index in [-0.39, 0.29) is 0 Å². The van der Waals surface area contributed by atoms with Gasteiger partial charge in [0.1, 0.15) is 5.82 Å². The number of fused-ring (bicyclic) bond motifs is 3. The summed E-state index contributed by atoms with van der Waals surface area (Å²) < 4.78 is 0. The molecule has 0 amide bonds. The number of aromatic nitrogens is 2. The highest BCUT2D eigenvalue weighted by atomic mass is 15.4. The molecule has 1 N–H and O–H groups in total. The molecular weight excluding hydrogens is 238 g/mol. The highest BCUT2D eigenvalue weighted by molar-refractivity contribution is 5.09. The van der Waals surface area contributed by atoms with E-state index in [1.807, 2.05) is 12.4 Å². The number of hydrogen-bond donors (Lipinski definition) is 1. The average molecular weight is 261 g/mol. The largest absolute Gasteiger partial charge is 0.313 e. The maximum Gasteiger partial charge on any atom is 0.146 e. The quantitative estimate of drug-likeness (QED) is 0.788. The molecule has 0 aliphatic carbocycles. The van der Waals surface area contributed by atoms with Crippen LogP contribution in [0.4, 0.5) is 0 Å². The molecule has 3 aliphatic heterocycles. The van der Waals surface area contributed by atoms with E-state index < -0.39 is 0 Å². The predicted molar refractivity (Wildman–Crippen MR) is 74.8 cm³/mol. The van der Waals surface area contributed by atoms with Crippen molar-refractivity contribution in [3.05, 3.63) is 23.8 Å². The molecule has 5 heteroatoms. The molecule has 0 aromatic carbocycles. The Morgan fingerprint density at radius 1 is 1.21 bits per heavy atom. The second kappa shape index (κ2) is 5.94. The van der Waals surface area contributed by atoms with Crippen LogP contribution in [0.3, 0.4) is 0 Å². The van der Waals surface area contributed by atoms with E-state index in [2.05, 4.69) is 32.0 Å². The summed E-state index contributed by atoms with van der Waals surface area (Å²) in [5.41, 5.74) is 1.17. The summed E-state index contributed by atoms with van der Waals surface area (Å²) >= 11 is 0. The van der Waals surface area contributed by atoms with E-state index in [0.29, 0.717) is 6.04 Å². The molecule has 3 aliphatic rings. The average Bonchev–Trinajstić information content (AvgIpc) is 2.49. The molecule has 1 aromatic rings. The van der Waals surface area contributed by atoms with Crippen LogP contribution in [0.2, 0.25) is 0 Å². The minimum Gasteiger partial charge on any atom is -0.313 e. The molecule has 104 valence electrons. The molecule has 1 unspecified atom stereocenters. The van der Waals surface area contributed by atoms with Crippen LogP contribution >= 0.6 is 0 Å². The van der Waals surface area contributed by atoms with Crippen LogP contribution in [0.1, 0.15) is 30.8 Å². The highest BCUT2D eigenvalue weighted by Crippen LogP contribution is 2.26. The topological polar surface area (TPSA) is 44.3 Å². The molecule has 1 aromatic heterocycles. The van der Waals surface area contributed by atoms with Gasteiger partial charge in [0.2, 0.25) is 0 Å². The summed E-state index contributed by atoms with van der Waals surface area (Å²) in [5, 5.41) is 3.38. The third-order valence-electron chi connectivity index (χ3n) is 4.06. The fourth-order valence-corrected chi connectivity index (χ4v) is 2.90. The van der Waals surface area contributed by atoms with E-state index >= 15 is 0 Å². The second-order valence-corrected chi connectivity index (χ2v) is 5.48. The smallest absolute Gasteiger partial charge is 0.146 e. The van der Waals surface area contributed by atoms with Gasteiger partial charge in [0, 0.05) is 57.2 Å². The Kier molecular flexibility index (Phi) is 4.06. The first-order chi connectivity index (χ1) is 9.36. The van der Waals surface area contributed by atoms with Crippen LogP contribution in [0.5, 0.6) is 0 Å². The lowest BCUT2D eigenvalue weighted by molar-refractivity contribution is 0.00862. The Labute approximate surface area is 115 Å². The molecule has 3 fully saturated rings. The second-order valence-electron chi connectivity index (χ2n) is 5.48. The van der Waals surface area contributed by atoms with Crippen molar-refractivity contribution < 1.29 is 0 Å². The lowest BCUT2D eigenvalue weighted by Crippen LogP contribution is -2.57. The minimum atomic E-state index is 0.403. The summed E-state index contributed by atoms with van der Waals surface area (Å²) in [6.45, 7) is 9.91. The van der Waals surface area contributed by atoms with Gasteiger partial charge in [-0.25, -0.2) is 9.97 Å². The van der Waals surface area contributed by atoms with Crippen LogP contribution < -0.4 is 5.32 Å². The first-order valence-corrected chi connectivity index (χ1v) is 7.34. The highest BCUT2D eigenvalue weighted by Gasteiger charge is 2.34. The van der Waals surface area contributed by atoms with Gasteiger partial charge in [0.05, 0.1) is 6.04 Å². The van der Waals surface area contributed by atoms with Crippen molar-refractivity contribution >= 4 is 0 Å². The molecule has 1 atom stereocenters. The number of hydrogen-bond acceptors (Lipinski definition) is 5. The lowest BCUT2D eigenvalue weighted by atomic mass is 10.1. The Morgan fingerprint density at radius 2 is 1.95 bits per heavy atom. The summed E-state index contributed by atoms with van der Waals surface area (Å²) in [6.07, 6.45) is 5.11. The maximum atomic E-state index is 4.58. The van der Waals surface area contributed by atoms with Gasteiger partial charge in [0.15, 0.2) is 0 Å². The molecule has 0 radical (unpaired) electrons. The van der Waals surface area contributed by atoms with Crippen LogP contribution in [-0.2, 0) is 6.54 Å². The molecule has 4 heterocycles. The Morgan fingerprint density at radius 3 is 2.53 bits per heavy atom. The zero-order valence-corrected chi connectivity index (χ0v) is 11.7. The van der Waals surface area contributed by atoms with Crippen molar-refractivity contribution in [1.82, 2.24) is 25.1 Å². The lowest BCUT2D eigenvalue weighted by Gasteiger charge is -2.46. The first-order valence-electron chi connectivity index (χ1n) is 7.34. The molecule has 0 spiro atoms. The van der Waals surface area contributed by atoms with Crippen molar-refractivity contribution in [1.29, 1.82) is 0 Å². The zero-order chi connectivity index (χ0) is 13.1. The SMILES string of the molecule is CCCNCc1cnc(C2CN3CCN2CC3)nc1. The zero-order valence-electron chi connectivity index (χ0n) is 11.7. The third-order valence-corrected chi connectivity index (χ3v) is 4.06. The number of nitrogens with one attached hydrogen (secondary N) is 1. The Balaban J connectivity index is 1.62. The molecule has 0 saturated carbocycles. The number of piperazine rings is 3. The molecule has 5 nitrogen and oxygen atoms in total.